The van der Waals surface area contributed by atoms with Crippen LogP contribution in [-0.2, 0) is 30.7 Å². The van der Waals surface area contributed by atoms with Crippen molar-refractivity contribution < 1.29 is 13.2 Å². The molecule has 0 aliphatic carbocycles. The van der Waals surface area contributed by atoms with Crippen LogP contribution in [-0.4, -0.2) is 45.5 Å². The third kappa shape index (κ3) is 5.01. The molecule has 0 N–H and O–H groups in total. The van der Waals surface area contributed by atoms with E-state index in [0.717, 1.165) is 17.0 Å². The molecule has 0 radical (unpaired) electrons. The number of Topliss-reactive ketones (excluding diaryl/α,β-unsaturated/α-hetero) is 1. The van der Waals surface area contributed by atoms with Gasteiger partial charge in [0, 0.05) is 31.0 Å². The van der Waals surface area contributed by atoms with E-state index in [1.165, 1.54) is 22.3 Å². The predicted molar refractivity (Wildman–Crippen MR) is 123 cm³/mol. The molecular formula is C21H27N5O3S2. The average Bonchev–Trinajstić information content (AvgIpc) is 3.18. The topological polar surface area (TPSA) is 90.1 Å². The number of aryl methyl sites for hydroxylation is 2. The normalized spacial score (nSPS) is 11.7. The first-order valence-electron chi connectivity index (χ1n) is 9.70. The van der Waals surface area contributed by atoms with Gasteiger partial charge in [0.2, 0.25) is 10.0 Å². The number of thioether (sulfide) groups is 1. The molecule has 0 amide bonds. The van der Waals surface area contributed by atoms with Crippen molar-refractivity contribution in [1.29, 1.82) is 0 Å². The van der Waals surface area contributed by atoms with Gasteiger partial charge >= 0.3 is 0 Å². The smallest absolute Gasteiger partial charge is 0.232 e. The van der Waals surface area contributed by atoms with Gasteiger partial charge in [-0.2, -0.15) is 0 Å². The molecule has 2 heterocycles. The van der Waals surface area contributed by atoms with Gasteiger partial charge in [-0.15, -0.1) is 10.2 Å². The average molecular weight is 462 g/mol. The number of benzene rings is 1. The third-order valence-corrected chi connectivity index (χ3v) is 7.50. The number of rotatable bonds is 8. The molecule has 0 saturated carbocycles. The van der Waals surface area contributed by atoms with Gasteiger partial charge < -0.3 is 9.13 Å². The molecule has 3 rings (SSSR count). The molecule has 3 aromatic rings. The summed E-state index contributed by atoms with van der Waals surface area (Å²) in [6, 6.07) is 9.16. The van der Waals surface area contributed by atoms with Crippen molar-refractivity contribution in [2.75, 3.05) is 16.3 Å². The molecule has 0 bridgehead atoms. The van der Waals surface area contributed by atoms with E-state index in [0.29, 0.717) is 22.2 Å². The first-order valence-corrected chi connectivity index (χ1v) is 12.5. The largest absolute Gasteiger partial charge is 0.351 e. The second-order valence-corrected chi connectivity index (χ2v) is 10.5. The highest BCUT2D eigenvalue weighted by Gasteiger charge is 2.22. The minimum atomic E-state index is -3.52. The van der Waals surface area contributed by atoms with E-state index >= 15 is 0 Å². The van der Waals surface area contributed by atoms with Crippen LogP contribution < -0.4 is 4.31 Å². The van der Waals surface area contributed by atoms with E-state index in [9.17, 15) is 13.2 Å². The molecule has 0 saturated heterocycles. The van der Waals surface area contributed by atoms with Crippen molar-refractivity contribution in [3.05, 3.63) is 58.7 Å². The van der Waals surface area contributed by atoms with Gasteiger partial charge in [0.05, 0.1) is 24.2 Å². The quantitative estimate of drug-likeness (QED) is 0.378. The Morgan fingerprint density at radius 3 is 2.26 bits per heavy atom. The zero-order chi connectivity index (χ0) is 22.9. The second-order valence-electron chi connectivity index (χ2n) is 7.62. The number of aromatic nitrogens is 4. The number of carbonyl (C=O) groups is 1. The van der Waals surface area contributed by atoms with Gasteiger partial charge in [-0.3, -0.25) is 9.10 Å². The van der Waals surface area contributed by atoms with Crippen molar-refractivity contribution in [2.24, 2.45) is 14.1 Å². The Labute approximate surface area is 187 Å². The van der Waals surface area contributed by atoms with E-state index in [2.05, 4.69) is 10.2 Å². The fraction of sp³-hybridized carbons (Fsp3) is 0.381. The summed E-state index contributed by atoms with van der Waals surface area (Å²) in [4.78, 5) is 12.7. The van der Waals surface area contributed by atoms with Crippen molar-refractivity contribution in [3.8, 4) is 0 Å². The molecule has 0 aliphatic heterocycles. The maximum absolute atomic E-state index is 12.7. The number of hydrogen-bond donors (Lipinski definition) is 0. The van der Waals surface area contributed by atoms with Crippen LogP contribution in [0.15, 0.2) is 35.5 Å². The van der Waals surface area contributed by atoms with Crippen molar-refractivity contribution in [1.82, 2.24) is 19.3 Å². The monoisotopic (exact) mass is 461 g/mol. The van der Waals surface area contributed by atoms with E-state index in [4.69, 9.17) is 0 Å². The molecule has 0 atom stereocenters. The lowest BCUT2D eigenvalue weighted by Gasteiger charge is -2.22. The summed E-state index contributed by atoms with van der Waals surface area (Å²) in [5, 5.41) is 8.90. The molecule has 166 valence electrons. The van der Waals surface area contributed by atoms with Crippen molar-refractivity contribution in [3.63, 3.8) is 0 Å². The molecule has 8 nitrogen and oxygen atoms in total. The molecule has 2 aromatic heterocycles. The Morgan fingerprint density at radius 2 is 1.71 bits per heavy atom. The molecule has 10 heteroatoms. The van der Waals surface area contributed by atoms with Crippen molar-refractivity contribution in [2.45, 2.75) is 32.5 Å². The van der Waals surface area contributed by atoms with Crippen LogP contribution >= 0.6 is 11.8 Å². The Morgan fingerprint density at radius 1 is 1.06 bits per heavy atom. The summed E-state index contributed by atoms with van der Waals surface area (Å²) >= 11 is 1.29. The highest BCUT2D eigenvalue weighted by molar-refractivity contribution is 7.99. The number of anilines is 1. The van der Waals surface area contributed by atoms with Crippen LogP contribution in [0.1, 0.15) is 33.1 Å². The molecule has 0 fully saturated rings. The highest BCUT2D eigenvalue weighted by atomic mass is 32.2. The predicted octanol–water partition coefficient (Wildman–Crippen LogP) is 3.02. The van der Waals surface area contributed by atoms with Crippen molar-refractivity contribution >= 4 is 33.3 Å². The van der Waals surface area contributed by atoms with Gasteiger partial charge in [0.15, 0.2) is 16.8 Å². The molecule has 0 unspecified atom stereocenters. The molecule has 0 spiro atoms. The minimum Gasteiger partial charge on any atom is -0.351 e. The van der Waals surface area contributed by atoms with E-state index in [1.54, 1.807) is 23.7 Å². The van der Waals surface area contributed by atoms with Gasteiger partial charge in [-0.05, 0) is 39.0 Å². The highest BCUT2D eigenvalue weighted by Crippen LogP contribution is 2.24. The van der Waals surface area contributed by atoms with Crippen LogP contribution in [0.2, 0.25) is 0 Å². The number of nitrogens with zero attached hydrogens (tertiary/aromatic N) is 5. The van der Waals surface area contributed by atoms with Crippen LogP contribution in [0.4, 0.5) is 5.69 Å². The Kier molecular flexibility index (Phi) is 6.61. The summed E-state index contributed by atoms with van der Waals surface area (Å²) in [5.74, 6) is 0.741. The van der Waals surface area contributed by atoms with Gasteiger partial charge in [0.25, 0.3) is 0 Å². The summed E-state index contributed by atoms with van der Waals surface area (Å²) in [5.41, 5.74) is 4.28. The standard InChI is InChI=1S/C21H27N5O3S2/c1-14-7-9-17(10-8-14)26(31(6,28)29)12-20-22-23-21(25(20)5)30-13-19(27)18-11-15(2)24(4)16(18)3/h7-11H,12-13H2,1-6H3. The fourth-order valence-electron chi connectivity index (χ4n) is 3.19. The Balaban J connectivity index is 1.76. The van der Waals surface area contributed by atoms with Crippen LogP contribution in [0.25, 0.3) is 0 Å². The number of carbonyl (C=O) groups excluding carboxylic acids is 1. The summed E-state index contributed by atoms with van der Waals surface area (Å²) in [6.45, 7) is 5.89. The SMILES string of the molecule is Cc1ccc(N(Cc2nnc(SCC(=O)c3cc(C)n(C)c3C)n2C)S(C)(=O)=O)cc1. The molecule has 0 aliphatic rings. The van der Waals surface area contributed by atoms with Gasteiger partial charge in [0.1, 0.15) is 0 Å². The number of hydrogen-bond acceptors (Lipinski definition) is 6. The Bertz CT molecular complexity index is 1210. The molecular weight excluding hydrogens is 434 g/mol. The lowest BCUT2D eigenvalue weighted by molar-refractivity contribution is 0.102. The van der Waals surface area contributed by atoms with Crippen LogP contribution in [0.5, 0.6) is 0 Å². The fourth-order valence-corrected chi connectivity index (χ4v) is 4.86. The van der Waals surface area contributed by atoms with Crippen LogP contribution in [0.3, 0.4) is 0 Å². The summed E-state index contributed by atoms with van der Waals surface area (Å²) in [7, 11) is 0.193. The first kappa shape index (κ1) is 23.1. The number of sulfonamides is 1. The van der Waals surface area contributed by atoms with Gasteiger partial charge in [-0.25, -0.2) is 8.42 Å². The van der Waals surface area contributed by atoms with Gasteiger partial charge in [-0.1, -0.05) is 29.5 Å². The zero-order valence-corrected chi connectivity index (χ0v) is 20.2. The Hall–Kier alpha value is -2.59. The van der Waals surface area contributed by atoms with E-state index in [-0.39, 0.29) is 18.1 Å². The maximum atomic E-state index is 12.7. The van der Waals surface area contributed by atoms with Crippen LogP contribution in [0, 0.1) is 20.8 Å². The van der Waals surface area contributed by atoms with E-state index in [1.807, 2.05) is 50.6 Å². The van der Waals surface area contributed by atoms with E-state index < -0.39 is 10.0 Å². The lowest BCUT2D eigenvalue weighted by atomic mass is 10.2. The number of ketones is 1. The second kappa shape index (κ2) is 8.88. The molecule has 1 aromatic carbocycles. The minimum absolute atomic E-state index is 0.0215. The summed E-state index contributed by atoms with van der Waals surface area (Å²) in [6.07, 6.45) is 1.17. The maximum Gasteiger partial charge on any atom is 0.232 e. The first-order chi connectivity index (χ1) is 14.5. The zero-order valence-electron chi connectivity index (χ0n) is 18.6. The molecule has 31 heavy (non-hydrogen) atoms. The third-order valence-electron chi connectivity index (χ3n) is 5.34. The summed E-state index contributed by atoms with van der Waals surface area (Å²) < 4.78 is 29.8. The lowest BCUT2D eigenvalue weighted by Crippen LogP contribution is -2.30.